The summed E-state index contributed by atoms with van der Waals surface area (Å²) in [5.41, 5.74) is 2.80. The standard InChI is InChI=1S/C24H26O5/c1-3-16-7-8-17(22-20(25)21(26)23(27)24(29-22)11-12-24)14-18(16)13-15-5-9-19(10-6-15)28-4-2/h1,5-10,14,20-23,25-27H,4,11-13H2,2H3/t20-,21-,22+,23+/m1/s1. The Kier molecular flexibility index (Phi) is 5.37. The van der Waals surface area contributed by atoms with Crippen molar-refractivity contribution in [3.8, 4) is 18.1 Å². The molecule has 1 spiro atoms. The third kappa shape index (κ3) is 3.77. The van der Waals surface area contributed by atoms with E-state index in [1.54, 1.807) is 0 Å². The number of aliphatic hydroxyl groups excluding tert-OH is 3. The molecule has 3 N–H and O–H groups in total. The van der Waals surface area contributed by atoms with Crippen molar-refractivity contribution in [2.75, 3.05) is 6.61 Å². The van der Waals surface area contributed by atoms with Gasteiger partial charge in [-0.2, -0.15) is 0 Å². The second-order valence-electron chi connectivity index (χ2n) is 7.84. The molecule has 1 saturated heterocycles. The van der Waals surface area contributed by atoms with E-state index in [2.05, 4.69) is 5.92 Å². The highest BCUT2D eigenvalue weighted by atomic mass is 16.6. The van der Waals surface area contributed by atoms with Crippen molar-refractivity contribution in [3.05, 3.63) is 64.7 Å². The van der Waals surface area contributed by atoms with Crippen LogP contribution >= 0.6 is 0 Å². The average Bonchev–Trinajstić information content (AvgIpc) is 3.51. The quantitative estimate of drug-likeness (QED) is 0.679. The van der Waals surface area contributed by atoms with Crippen LogP contribution < -0.4 is 4.74 Å². The molecular formula is C24H26O5. The topological polar surface area (TPSA) is 79.2 Å². The van der Waals surface area contributed by atoms with Gasteiger partial charge in [0.05, 0.1) is 12.2 Å². The van der Waals surface area contributed by atoms with Gasteiger partial charge in [-0.05, 0) is 61.1 Å². The number of aliphatic hydroxyl groups is 3. The van der Waals surface area contributed by atoms with Gasteiger partial charge in [-0.25, -0.2) is 0 Å². The fraction of sp³-hybridized carbons (Fsp3) is 0.417. The minimum Gasteiger partial charge on any atom is -0.494 e. The van der Waals surface area contributed by atoms with Crippen molar-refractivity contribution in [2.24, 2.45) is 0 Å². The van der Waals surface area contributed by atoms with Crippen LogP contribution in [0.25, 0.3) is 0 Å². The van der Waals surface area contributed by atoms with Gasteiger partial charge in [-0.1, -0.05) is 30.2 Å². The van der Waals surface area contributed by atoms with Crippen LogP contribution in [0.2, 0.25) is 0 Å². The zero-order valence-electron chi connectivity index (χ0n) is 16.4. The lowest BCUT2D eigenvalue weighted by Crippen LogP contribution is -2.55. The lowest BCUT2D eigenvalue weighted by molar-refractivity contribution is -0.236. The Morgan fingerprint density at radius 2 is 1.83 bits per heavy atom. The van der Waals surface area contributed by atoms with E-state index in [1.807, 2.05) is 49.4 Å². The first-order valence-electron chi connectivity index (χ1n) is 10.0. The molecule has 0 unspecified atom stereocenters. The van der Waals surface area contributed by atoms with Gasteiger partial charge in [0, 0.05) is 5.56 Å². The lowest BCUT2D eigenvalue weighted by atomic mass is 9.88. The largest absolute Gasteiger partial charge is 0.494 e. The summed E-state index contributed by atoms with van der Waals surface area (Å²) in [7, 11) is 0. The summed E-state index contributed by atoms with van der Waals surface area (Å²) in [6.07, 6.45) is 3.46. The van der Waals surface area contributed by atoms with Crippen LogP contribution in [0.1, 0.15) is 48.1 Å². The van der Waals surface area contributed by atoms with Crippen LogP contribution in [0, 0.1) is 12.3 Å². The minimum atomic E-state index is -1.24. The zero-order valence-corrected chi connectivity index (χ0v) is 16.4. The van der Waals surface area contributed by atoms with Crippen molar-refractivity contribution in [1.29, 1.82) is 0 Å². The van der Waals surface area contributed by atoms with Gasteiger partial charge in [-0.15, -0.1) is 6.42 Å². The molecule has 4 atom stereocenters. The molecule has 5 heteroatoms. The number of terminal acetylenes is 1. The summed E-state index contributed by atoms with van der Waals surface area (Å²) >= 11 is 0. The maximum absolute atomic E-state index is 10.5. The van der Waals surface area contributed by atoms with Crippen molar-refractivity contribution < 1.29 is 24.8 Å². The van der Waals surface area contributed by atoms with Crippen LogP contribution in [-0.4, -0.2) is 45.8 Å². The Hall–Kier alpha value is -2.36. The van der Waals surface area contributed by atoms with Gasteiger partial charge < -0.3 is 24.8 Å². The first-order chi connectivity index (χ1) is 14.0. The lowest BCUT2D eigenvalue weighted by Gasteiger charge is -2.41. The Morgan fingerprint density at radius 3 is 2.45 bits per heavy atom. The highest BCUT2D eigenvalue weighted by Gasteiger charge is 2.60. The fourth-order valence-corrected chi connectivity index (χ4v) is 4.04. The molecule has 2 aromatic rings. The molecule has 1 aliphatic heterocycles. The van der Waals surface area contributed by atoms with Crippen LogP contribution in [0.3, 0.4) is 0 Å². The molecule has 5 nitrogen and oxygen atoms in total. The zero-order chi connectivity index (χ0) is 20.6. The van der Waals surface area contributed by atoms with E-state index in [1.165, 1.54) is 0 Å². The predicted molar refractivity (Wildman–Crippen MR) is 109 cm³/mol. The molecule has 0 amide bonds. The van der Waals surface area contributed by atoms with E-state index >= 15 is 0 Å². The molecule has 1 aliphatic carbocycles. The molecule has 0 radical (unpaired) electrons. The van der Waals surface area contributed by atoms with Crippen molar-refractivity contribution in [2.45, 2.75) is 56.2 Å². The number of hydrogen-bond acceptors (Lipinski definition) is 5. The molecule has 1 saturated carbocycles. The maximum Gasteiger partial charge on any atom is 0.119 e. The first-order valence-corrected chi connectivity index (χ1v) is 10.0. The molecule has 0 bridgehead atoms. The SMILES string of the molecule is C#Cc1ccc([C@@H]2OC3(CC3)[C@@H](O)[C@H](O)[C@H]2O)cc1Cc1ccc(OCC)cc1. The van der Waals surface area contributed by atoms with Crippen LogP contribution in [0.15, 0.2) is 42.5 Å². The third-order valence-corrected chi connectivity index (χ3v) is 5.87. The maximum atomic E-state index is 10.5. The Morgan fingerprint density at radius 1 is 1.10 bits per heavy atom. The molecule has 29 heavy (non-hydrogen) atoms. The van der Waals surface area contributed by atoms with Gasteiger partial charge in [0.2, 0.25) is 0 Å². The van der Waals surface area contributed by atoms with Crippen molar-refractivity contribution >= 4 is 0 Å². The molecule has 2 aliphatic rings. The van der Waals surface area contributed by atoms with Gasteiger partial charge in [0.25, 0.3) is 0 Å². The second-order valence-corrected chi connectivity index (χ2v) is 7.84. The minimum absolute atomic E-state index is 0.619. The summed E-state index contributed by atoms with van der Waals surface area (Å²) < 4.78 is 11.5. The van der Waals surface area contributed by atoms with Crippen LogP contribution in [0.4, 0.5) is 0 Å². The molecule has 2 fully saturated rings. The monoisotopic (exact) mass is 394 g/mol. The van der Waals surface area contributed by atoms with Gasteiger partial charge in [0.1, 0.15) is 30.2 Å². The van der Waals surface area contributed by atoms with Crippen LogP contribution in [-0.2, 0) is 11.2 Å². The smallest absolute Gasteiger partial charge is 0.119 e. The Balaban J connectivity index is 1.61. The fourth-order valence-electron chi connectivity index (χ4n) is 4.04. The van der Waals surface area contributed by atoms with E-state index in [9.17, 15) is 15.3 Å². The molecule has 152 valence electrons. The Bertz CT molecular complexity index is 910. The summed E-state index contributed by atoms with van der Waals surface area (Å²) in [5.74, 6) is 3.54. The number of rotatable bonds is 5. The summed E-state index contributed by atoms with van der Waals surface area (Å²) in [6, 6.07) is 13.5. The molecular weight excluding hydrogens is 368 g/mol. The molecule has 2 aromatic carbocycles. The third-order valence-electron chi connectivity index (χ3n) is 5.87. The normalized spacial score (nSPS) is 27.4. The van der Waals surface area contributed by atoms with Crippen LogP contribution in [0.5, 0.6) is 5.75 Å². The van der Waals surface area contributed by atoms with Crippen molar-refractivity contribution in [3.63, 3.8) is 0 Å². The van der Waals surface area contributed by atoms with Gasteiger partial charge >= 0.3 is 0 Å². The van der Waals surface area contributed by atoms with Crippen molar-refractivity contribution in [1.82, 2.24) is 0 Å². The second kappa shape index (κ2) is 7.81. The average molecular weight is 394 g/mol. The molecule has 4 rings (SSSR count). The first kappa shape index (κ1) is 19.9. The van der Waals surface area contributed by atoms with E-state index < -0.39 is 30.0 Å². The highest BCUT2D eigenvalue weighted by molar-refractivity contribution is 5.46. The summed E-state index contributed by atoms with van der Waals surface area (Å²) in [4.78, 5) is 0. The predicted octanol–water partition coefficient (Wildman–Crippen LogP) is 2.34. The molecule has 1 heterocycles. The summed E-state index contributed by atoms with van der Waals surface area (Å²) in [5, 5.41) is 31.0. The Labute approximate surface area is 170 Å². The summed E-state index contributed by atoms with van der Waals surface area (Å²) in [6.45, 7) is 2.57. The van der Waals surface area contributed by atoms with E-state index in [0.29, 0.717) is 25.9 Å². The van der Waals surface area contributed by atoms with E-state index in [4.69, 9.17) is 15.9 Å². The number of ether oxygens (including phenoxy) is 2. The van der Waals surface area contributed by atoms with Gasteiger partial charge in [0.15, 0.2) is 0 Å². The molecule has 0 aromatic heterocycles. The number of benzene rings is 2. The van der Waals surface area contributed by atoms with E-state index in [0.717, 1.165) is 28.0 Å². The van der Waals surface area contributed by atoms with E-state index in [-0.39, 0.29) is 0 Å². The van der Waals surface area contributed by atoms with Gasteiger partial charge in [-0.3, -0.25) is 0 Å². The highest BCUT2D eigenvalue weighted by Crippen LogP contribution is 2.51. The number of hydrogen-bond donors (Lipinski definition) is 3.